The smallest absolute Gasteiger partial charge is 0.325 e. The molecule has 1 aromatic rings. The van der Waals surface area contributed by atoms with E-state index in [0.717, 1.165) is 0 Å². The highest BCUT2D eigenvalue weighted by Gasteiger charge is 2.64. The standard InChI is InChI=1S/C15H16O5/c1-14-4-3-12(18)15(14,2)13(19)20-11-5-8(7-16)10(17)6-9(11)14/h5-6,16-17H,3-4,7H2,1-2H3/t14-,15-/m1/s1. The minimum absolute atomic E-state index is 0.0490. The summed E-state index contributed by atoms with van der Waals surface area (Å²) in [6.07, 6.45) is 0.867. The van der Waals surface area contributed by atoms with E-state index in [1.807, 2.05) is 6.92 Å². The van der Waals surface area contributed by atoms with Gasteiger partial charge in [-0.2, -0.15) is 0 Å². The van der Waals surface area contributed by atoms with Gasteiger partial charge < -0.3 is 14.9 Å². The average Bonchev–Trinajstić information content (AvgIpc) is 2.66. The van der Waals surface area contributed by atoms with Crippen LogP contribution in [0.3, 0.4) is 0 Å². The molecule has 3 rings (SSSR count). The lowest BCUT2D eigenvalue weighted by Crippen LogP contribution is -2.52. The summed E-state index contributed by atoms with van der Waals surface area (Å²) in [5.74, 6) is -0.399. The maximum absolute atomic E-state index is 12.3. The number of carbonyl (C=O) groups excluding carboxylic acids is 2. The van der Waals surface area contributed by atoms with Gasteiger partial charge in [-0.25, -0.2) is 0 Å². The molecule has 2 aliphatic rings. The predicted octanol–water partition coefficient (Wildman–Crippen LogP) is 1.43. The molecule has 2 atom stereocenters. The highest BCUT2D eigenvalue weighted by Crippen LogP contribution is 2.58. The van der Waals surface area contributed by atoms with Crippen molar-refractivity contribution < 1.29 is 24.5 Å². The van der Waals surface area contributed by atoms with Crippen LogP contribution in [0, 0.1) is 5.41 Å². The average molecular weight is 276 g/mol. The molecular weight excluding hydrogens is 260 g/mol. The van der Waals surface area contributed by atoms with Crippen LogP contribution in [-0.4, -0.2) is 22.0 Å². The van der Waals surface area contributed by atoms with Crippen molar-refractivity contribution in [3.8, 4) is 11.5 Å². The second-order valence-corrected chi connectivity index (χ2v) is 5.90. The molecule has 0 radical (unpaired) electrons. The SMILES string of the molecule is C[C@]12C(=O)CC[C@]1(C)c1cc(O)c(CO)cc1OC2=O. The molecule has 106 valence electrons. The van der Waals surface area contributed by atoms with E-state index in [4.69, 9.17) is 4.74 Å². The van der Waals surface area contributed by atoms with Crippen LogP contribution >= 0.6 is 0 Å². The lowest BCUT2D eigenvalue weighted by molar-refractivity contribution is -0.155. The Labute approximate surface area is 116 Å². The van der Waals surface area contributed by atoms with Crippen LogP contribution in [0.25, 0.3) is 0 Å². The maximum Gasteiger partial charge on any atom is 0.325 e. The summed E-state index contributed by atoms with van der Waals surface area (Å²) in [4.78, 5) is 24.5. The molecule has 0 spiro atoms. The second kappa shape index (κ2) is 3.82. The number of aromatic hydroxyl groups is 1. The van der Waals surface area contributed by atoms with Gasteiger partial charge in [0.25, 0.3) is 0 Å². The van der Waals surface area contributed by atoms with Crippen LogP contribution in [0.15, 0.2) is 12.1 Å². The lowest BCUT2D eigenvalue weighted by Gasteiger charge is -2.42. The number of hydrogen-bond donors (Lipinski definition) is 2. The molecule has 0 bridgehead atoms. The number of phenols is 1. The molecular formula is C15H16O5. The number of aliphatic hydroxyl groups excluding tert-OH is 1. The number of aliphatic hydroxyl groups is 1. The summed E-state index contributed by atoms with van der Waals surface area (Å²) in [7, 11) is 0. The number of Topliss-reactive ketones (excluding diaryl/α,β-unsaturated/α-hetero) is 1. The molecule has 0 amide bonds. The molecule has 2 N–H and O–H groups in total. The van der Waals surface area contributed by atoms with Crippen molar-refractivity contribution in [2.24, 2.45) is 5.41 Å². The van der Waals surface area contributed by atoms with Crippen molar-refractivity contribution in [3.05, 3.63) is 23.3 Å². The molecule has 1 aromatic carbocycles. The van der Waals surface area contributed by atoms with Gasteiger partial charge in [0.05, 0.1) is 6.61 Å². The van der Waals surface area contributed by atoms with Crippen LogP contribution < -0.4 is 4.74 Å². The lowest BCUT2D eigenvalue weighted by atomic mass is 9.62. The summed E-state index contributed by atoms with van der Waals surface area (Å²) >= 11 is 0. The predicted molar refractivity (Wildman–Crippen MR) is 69.4 cm³/mol. The van der Waals surface area contributed by atoms with Gasteiger partial charge in [-0.05, 0) is 25.5 Å². The van der Waals surface area contributed by atoms with E-state index in [1.165, 1.54) is 12.1 Å². The van der Waals surface area contributed by atoms with Gasteiger partial charge in [-0.3, -0.25) is 9.59 Å². The van der Waals surface area contributed by atoms with Crippen molar-refractivity contribution in [3.63, 3.8) is 0 Å². The van der Waals surface area contributed by atoms with Crippen LogP contribution in [0.2, 0.25) is 0 Å². The molecule has 0 unspecified atom stereocenters. The van der Waals surface area contributed by atoms with Crippen molar-refractivity contribution in [1.82, 2.24) is 0 Å². The third-order valence-electron chi connectivity index (χ3n) is 5.07. The fourth-order valence-electron chi connectivity index (χ4n) is 3.37. The number of benzene rings is 1. The minimum Gasteiger partial charge on any atom is -0.508 e. The number of hydrogen-bond acceptors (Lipinski definition) is 5. The Morgan fingerprint density at radius 1 is 1.30 bits per heavy atom. The molecule has 1 fully saturated rings. The van der Waals surface area contributed by atoms with Crippen molar-refractivity contribution in [1.29, 1.82) is 0 Å². The molecule has 1 aliphatic heterocycles. The zero-order valence-corrected chi connectivity index (χ0v) is 11.4. The van der Waals surface area contributed by atoms with Crippen LogP contribution in [0.4, 0.5) is 0 Å². The van der Waals surface area contributed by atoms with Crippen molar-refractivity contribution in [2.75, 3.05) is 0 Å². The molecule has 0 saturated heterocycles. The Morgan fingerprint density at radius 3 is 2.65 bits per heavy atom. The van der Waals surface area contributed by atoms with Gasteiger partial charge in [0.15, 0.2) is 5.78 Å². The highest BCUT2D eigenvalue weighted by atomic mass is 16.5. The van der Waals surface area contributed by atoms with Crippen LogP contribution in [0.1, 0.15) is 37.8 Å². The Hall–Kier alpha value is -1.88. The number of fused-ring (bicyclic) bond motifs is 3. The van der Waals surface area contributed by atoms with Gasteiger partial charge in [0.1, 0.15) is 16.9 Å². The largest absolute Gasteiger partial charge is 0.508 e. The molecule has 0 aromatic heterocycles. The summed E-state index contributed by atoms with van der Waals surface area (Å²) in [6, 6.07) is 2.97. The summed E-state index contributed by atoms with van der Waals surface area (Å²) in [5.41, 5.74) is -0.929. The number of carbonyl (C=O) groups is 2. The van der Waals surface area contributed by atoms with Gasteiger partial charge in [-0.1, -0.05) is 6.92 Å². The van der Waals surface area contributed by atoms with Gasteiger partial charge in [0, 0.05) is 23.0 Å². The summed E-state index contributed by atoms with van der Waals surface area (Å²) < 4.78 is 5.30. The highest BCUT2D eigenvalue weighted by molar-refractivity contribution is 6.09. The fourth-order valence-corrected chi connectivity index (χ4v) is 3.37. The monoisotopic (exact) mass is 276 g/mol. The molecule has 5 nitrogen and oxygen atoms in total. The van der Waals surface area contributed by atoms with E-state index in [9.17, 15) is 19.8 Å². The zero-order valence-electron chi connectivity index (χ0n) is 11.4. The topological polar surface area (TPSA) is 83.8 Å². The van der Waals surface area contributed by atoms with E-state index in [1.54, 1.807) is 6.92 Å². The van der Waals surface area contributed by atoms with E-state index in [2.05, 4.69) is 0 Å². The van der Waals surface area contributed by atoms with Gasteiger partial charge in [-0.15, -0.1) is 0 Å². The number of rotatable bonds is 1. The molecule has 1 saturated carbocycles. The Balaban J connectivity index is 2.27. The first-order chi connectivity index (χ1) is 9.34. The number of esters is 1. The van der Waals surface area contributed by atoms with E-state index < -0.39 is 16.8 Å². The zero-order chi connectivity index (χ0) is 14.7. The normalized spacial score (nSPS) is 31.8. The number of ether oxygens (including phenoxy) is 1. The van der Waals surface area contributed by atoms with Crippen molar-refractivity contribution in [2.45, 2.75) is 38.7 Å². The molecule has 5 heteroatoms. The van der Waals surface area contributed by atoms with Gasteiger partial charge in [0.2, 0.25) is 0 Å². The number of ketones is 1. The minimum atomic E-state index is -1.20. The Morgan fingerprint density at radius 2 is 2.00 bits per heavy atom. The Bertz CT molecular complexity index is 635. The molecule has 20 heavy (non-hydrogen) atoms. The summed E-state index contributed by atoms with van der Waals surface area (Å²) in [6.45, 7) is 3.13. The first kappa shape index (κ1) is 13.1. The maximum atomic E-state index is 12.3. The van der Waals surface area contributed by atoms with Crippen molar-refractivity contribution >= 4 is 11.8 Å². The molecule has 1 heterocycles. The Kier molecular flexibility index (Phi) is 2.51. The van der Waals surface area contributed by atoms with E-state index in [0.29, 0.717) is 29.7 Å². The third-order valence-corrected chi connectivity index (χ3v) is 5.07. The second-order valence-electron chi connectivity index (χ2n) is 5.90. The molecule has 1 aliphatic carbocycles. The van der Waals surface area contributed by atoms with E-state index in [-0.39, 0.29) is 18.1 Å². The quantitative estimate of drug-likeness (QED) is 0.460. The summed E-state index contributed by atoms with van der Waals surface area (Å²) in [5, 5.41) is 19.1. The van der Waals surface area contributed by atoms with E-state index >= 15 is 0 Å². The van der Waals surface area contributed by atoms with Gasteiger partial charge >= 0.3 is 5.97 Å². The third kappa shape index (κ3) is 1.31. The van der Waals surface area contributed by atoms with Crippen LogP contribution in [-0.2, 0) is 21.6 Å². The fraction of sp³-hybridized carbons (Fsp3) is 0.467. The van der Waals surface area contributed by atoms with Crippen LogP contribution in [0.5, 0.6) is 11.5 Å². The first-order valence-corrected chi connectivity index (χ1v) is 6.57. The first-order valence-electron chi connectivity index (χ1n) is 6.57.